The van der Waals surface area contributed by atoms with Crippen molar-refractivity contribution in [1.82, 2.24) is 4.90 Å². The Morgan fingerprint density at radius 1 is 1.47 bits per heavy atom. The fourth-order valence-corrected chi connectivity index (χ4v) is 1.98. The molecule has 1 aliphatic rings. The van der Waals surface area contributed by atoms with Crippen LogP contribution in [0.15, 0.2) is 0 Å². The van der Waals surface area contributed by atoms with Crippen LogP contribution in [-0.2, 0) is 4.74 Å². The van der Waals surface area contributed by atoms with Gasteiger partial charge in [-0.15, -0.1) is 0 Å². The van der Waals surface area contributed by atoms with Crippen LogP contribution in [0.5, 0.6) is 0 Å². The Morgan fingerprint density at radius 2 is 2.27 bits per heavy atom. The highest BCUT2D eigenvalue weighted by Gasteiger charge is 2.20. The Morgan fingerprint density at radius 3 is 2.93 bits per heavy atom. The van der Waals surface area contributed by atoms with Gasteiger partial charge in [-0.3, -0.25) is 0 Å². The second-order valence-electron chi connectivity index (χ2n) is 4.03. The molecule has 88 valence electrons. The van der Waals surface area contributed by atoms with Gasteiger partial charge in [-0.1, -0.05) is 13.3 Å². The topological polar surface area (TPSA) is 49.8 Å². The summed E-state index contributed by atoms with van der Waals surface area (Å²) in [6, 6.07) is 0. The van der Waals surface area contributed by atoms with Crippen molar-refractivity contribution >= 4 is 6.09 Å². The average molecular weight is 215 g/mol. The number of ether oxygens (including phenoxy) is 1. The maximum absolute atomic E-state index is 11.5. The lowest BCUT2D eigenvalue weighted by Crippen LogP contribution is -2.33. The molecule has 1 amide bonds. The summed E-state index contributed by atoms with van der Waals surface area (Å²) in [4.78, 5) is 13.3. The van der Waals surface area contributed by atoms with E-state index >= 15 is 0 Å². The Labute approximate surface area is 91.2 Å². The lowest BCUT2D eigenvalue weighted by atomic mass is 9.98. The summed E-state index contributed by atoms with van der Waals surface area (Å²) in [6.45, 7) is 3.79. The van der Waals surface area contributed by atoms with Crippen LogP contribution in [-0.4, -0.2) is 42.4 Å². The minimum atomic E-state index is -0.277. The summed E-state index contributed by atoms with van der Waals surface area (Å²) in [7, 11) is 0. The first-order valence-corrected chi connectivity index (χ1v) is 5.80. The van der Waals surface area contributed by atoms with E-state index in [2.05, 4.69) is 6.92 Å². The summed E-state index contributed by atoms with van der Waals surface area (Å²) in [5.41, 5.74) is 0. The van der Waals surface area contributed by atoms with Crippen molar-refractivity contribution in [2.45, 2.75) is 32.6 Å². The summed E-state index contributed by atoms with van der Waals surface area (Å²) in [5.74, 6) is 0.751. The zero-order valence-electron chi connectivity index (χ0n) is 9.45. The number of hydrogen-bond acceptors (Lipinski definition) is 3. The van der Waals surface area contributed by atoms with Crippen LogP contribution < -0.4 is 0 Å². The van der Waals surface area contributed by atoms with Gasteiger partial charge in [-0.2, -0.15) is 0 Å². The van der Waals surface area contributed by atoms with Gasteiger partial charge in [-0.05, 0) is 25.2 Å². The van der Waals surface area contributed by atoms with Gasteiger partial charge in [0.2, 0.25) is 0 Å². The molecule has 1 fully saturated rings. The summed E-state index contributed by atoms with van der Waals surface area (Å²) in [5, 5.41) is 8.55. The number of nitrogens with zero attached hydrogens (tertiary/aromatic N) is 1. The van der Waals surface area contributed by atoms with Crippen LogP contribution in [0.25, 0.3) is 0 Å². The second kappa shape index (κ2) is 6.67. The first kappa shape index (κ1) is 12.3. The molecule has 0 aromatic heterocycles. The van der Waals surface area contributed by atoms with Gasteiger partial charge in [0.05, 0.1) is 6.61 Å². The number of hydrogen-bond donors (Lipinski definition) is 1. The zero-order chi connectivity index (χ0) is 11.1. The molecule has 1 unspecified atom stereocenters. The Kier molecular flexibility index (Phi) is 5.47. The smallest absolute Gasteiger partial charge is 0.409 e. The summed E-state index contributed by atoms with van der Waals surface area (Å²) < 4.78 is 4.89. The van der Waals surface area contributed by atoms with E-state index in [1.54, 1.807) is 4.90 Å². The van der Waals surface area contributed by atoms with Crippen LogP contribution in [0.4, 0.5) is 4.79 Å². The molecule has 1 aliphatic heterocycles. The molecule has 1 heterocycles. The highest BCUT2D eigenvalue weighted by Crippen LogP contribution is 2.20. The van der Waals surface area contributed by atoms with E-state index in [1.807, 2.05) is 0 Å². The standard InChI is InChI=1S/C11H21NO3/c1-2-10-4-3-6-12(7-5-10)11(14)15-9-8-13/h10,13H,2-9H2,1H3. The largest absolute Gasteiger partial charge is 0.447 e. The molecule has 0 saturated carbocycles. The number of carbonyl (C=O) groups is 1. The predicted octanol–water partition coefficient (Wildman–Crippen LogP) is 1.63. The molecule has 0 aliphatic carbocycles. The molecule has 1 rings (SSSR count). The maximum atomic E-state index is 11.5. The van der Waals surface area contributed by atoms with E-state index in [0.717, 1.165) is 31.8 Å². The van der Waals surface area contributed by atoms with Crippen molar-refractivity contribution in [1.29, 1.82) is 0 Å². The van der Waals surface area contributed by atoms with Crippen LogP contribution in [0.3, 0.4) is 0 Å². The highest BCUT2D eigenvalue weighted by atomic mass is 16.6. The van der Waals surface area contributed by atoms with Crippen LogP contribution >= 0.6 is 0 Å². The molecule has 1 atom stereocenters. The van der Waals surface area contributed by atoms with E-state index < -0.39 is 0 Å². The van der Waals surface area contributed by atoms with Gasteiger partial charge >= 0.3 is 6.09 Å². The first-order chi connectivity index (χ1) is 7.27. The SMILES string of the molecule is CCC1CCCN(C(=O)OCCO)CC1. The minimum Gasteiger partial charge on any atom is -0.447 e. The number of likely N-dealkylation sites (tertiary alicyclic amines) is 1. The minimum absolute atomic E-state index is 0.100. The molecule has 4 heteroatoms. The molecule has 4 nitrogen and oxygen atoms in total. The van der Waals surface area contributed by atoms with Crippen molar-refractivity contribution in [3.8, 4) is 0 Å². The van der Waals surface area contributed by atoms with E-state index in [-0.39, 0.29) is 19.3 Å². The van der Waals surface area contributed by atoms with Gasteiger partial charge in [-0.25, -0.2) is 4.79 Å². The lowest BCUT2D eigenvalue weighted by molar-refractivity contribution is 0.0849. The number of aliphatic hydroxyl groups is 1. The molecule has 1 saturated heterocycles. The normalized spacial score (nSPS) is 22.3. The Hall–Kier alpha value is -0.770. The number of carbonyl (C=O) groups excluding carboxylic acids is 1. The van der Waals surface area contributed by atoms with Gasteiger partial charge < -0.3 is 14.7 Å². The zero-order valence-corrected chi connectivity index (χ0v) is 9.45. The van der Waals surface area contributed by atoms with E-state index in [0.29, 0.717) is 0 Å². The van der Waals surface area contributed by atoms with Gasteiger partial charge in [0.25, 0.3) is 0 Å². The lowest BCUT2D eigenvalue weighted by Gasteiger charge is -2.19. The van der Waals surface area contributed by atoms with E-state index in [9.17, 15) is 4.79 Å². The molecular formula is C11H21NO3. The van der Waals surface area contributed by atoms with E-state index in [4.69, 9.17) is 9.84 Å². The molecule has 0 radical (unpaired) electrons. The highest BCUT2D eigenvalue weighted by molar-refractivity contribution is 5.67. The third kappa shape index (κ3) is 4.08. The van der Waals surface area contributed by atoms with Crippen LogP contribution in [0.1, 0.15) is 32.6 Å². The van der Waals surface area contributed by atoms with Crippen molar-refractivity contribution < 1.29 is 14.6 Å². The molecule has 1 N–H and O–H groups in total. The summed E-state index contributed by atoms with van der Waals surface area (Å²) >= 11 is 0. The molecule has 0 bridgehead atoms. The number of rotatable bonds is 3. The van der Waals surface area contributed by atoms with Crippen molar-refractivity contribution in [3.05, 3.63) is 0 Å². The average Bonchev–Trinajstić information content (AvgIpc) is 2.50. The second-order valence-corrected chi connectivity index (χ2v) is 4.03. The van der Waals surface area contributed by atoms with Gasteiger partial charge in [0.1, 0.15) is 6.61 Å². The molecule has 0 spiro atoms. The van der Waals surface area contributed by atoms with Gasteiger partial charge in [0.15, 0.2) is 0 Å². The maximum Gasteiger partial charge on any atom is 0.409 e. The predicted molar refractivity (Wildman–Crippen MR) is 57.6 cm³/mol. The third-order valence-corrected chi connectivity index (χ3v) is 3.00. The monoisotopic (exact) mass is 215 g/mol. The fourth-order valence-electron chi connectivity index (χ4n) is 1.98. The Bertz CT molecular complexity index is 196. The van der Waals surface area contributed by atoms with Crippen molar-refractivity contribution in [2.24, 2.45) is 5.92 Å². The van der Waals surface area contributed by atoms with Gasteiger partial charge in [0, 0.05) is 13.1 Å². The quantitative estimate of drug-likeness (QED) is 0.778. The number of aliphatic hydroxyl groups excluding tert-OH is 1. The molecule has 0 aromatic rings. The van der Waals surface area contributed by atoms with Crippen molar-refractivity contribution in [3.63, 3.8) is 0 Å². The molecular weight excluding hydrogens is 194 g/mol. The first-order valence-electron chi connectivity index (χ1n) is 5.80. The van der Waals surface area contributed by atoms with E-state index in [1.165, 1.54) is 12.8 Å². The van der Waals surface area contributed by atoms with Crippen molar-refractivity contribution in [2.75, 3.05) is 26.3 Å². The molecule has 0 aromatic carbocycles. The number of amides is 1. The Balaban J connectivity index is 2.32. The molecule has 15 heavy (non-hydrogen) atoms. The summed E-state index contributed by atoms with van der Waals surface area (Å²) in [6.07, 6.45) is 4.26. The third-order valence-electron chi connectivity index (χ3n) is 3.00. The van der Waals surface area contributed by atoms with Crippen LogP contribution in [0, 0.1) is 5.92 Å². The van der Waals surface area contributed by atoms with Crippen LogP contribution in [0.2, 0.25) is 0 Å². The fraction of sp³-hybridized carbons (Fsp3) is 0.909.